The highest BCUT2D eigenvalue weighted by Crippen LogP contribution is 2.08. The van der Waals surface area contributed by atoms with Crippen LogP contribution in [-0.4, -0.2) is 11.2 Å². The lowest BCUT2D eigenvalue weighted by atomic mass is 10.2. The van der Waals surface area contributed by atoms with Gasteiger partial charge in [-0.05, 0) is 44.1 Å². The summed E-state index contributed by atoms with van der Waals surface area (Å²) in [6.45, 7) is 6.40. The van der Waals surface area contributed by atoms with Crippen LogP contribution in [0.4, 0.5) is 5.69 Å². The molecule has 1 rings (SSSR count). The highest BCUT2D eigenvalue weighted by molar-refractivity contribution is 7.80. The second-order valence-electron chi connectivity index (χ2n) is 3.98. The summed E-state index contributed by atoms with van der Waals surface area (Å²) in [4.78, 5) is 0. The summed E-state index contributed by atoms with van der Waals surface area (Å²) in [6, 6.07) is 8.68. The van der Waals surface area contributed by atoms with Crippen molar-refractivity contribution in [3.8, 4) is 0 Å². The molecule has 0 saturated carbocycles. The maximum absolute atomic E-state index is 5.26. The predicted octanol–water partition coefficient (Wildman–Crippen LogP) is 3.47. The van der Waals surface area contributed by atoms with E-state index in [1.165, 1.54) is 5.56 Å². The standard InChI is InChI=1S/C13H20N2S/c1-4-11(5-2)14-13(16)15-12-8-6-10(3)7-9-12/h6-9,11H,4-5H2,1-3H3,(H2,14,15,16). The fourth-order valence-electron chi connectivity index (χ4n) is 1.48. The van der Waals surface area contributed by atoms with Crippen LogP contribution in [0, 0.1) is 6.92 Å². The minimum atomic E-state index is 0.463. The van der Waals surface area contributed by atoms with Crippen molar-refractivity contribution in [1.82, 2.24) is 5.32 Å². The molecule has 0 unspecified atom stereocenters. The molecule has 0 bridgehead atoms. The van der Waals surface area contributed by atoms with Crippen LogP contribution in [0.2, 0.25) is 0 Å². The highest BCUT2D eigenvalue weighted by Gasteiger charge is 2.04. The summed E-state index contributed by atoms with van der Waals surface area (Å²) in [5, 5.41) is 7.19. The van der Waals surface area contributed by atoms with Crippen LogP contribution in [-0.2, 0) is 0 Å². The van der Waals surface area contributed by atoms with Crippen molar-refractivity contribution in [2.75, 3.05) is 5.32 Å². The number of hydrogen-bond acceptors (Lipinski definition) is 1. The Hall–Kier alpha value is -1.09. The van der Waals surface area contributed by atoms with Crippen LogP contribution in [0.5, 0.6) is 0 Å². The van der Waals surface area contributed by atoms with Gasteiger partial charge in [0, 0.05) is 11.7 Å². The number of benzene rings is 1. The van der Waals surface area contributed by atoms with Gasteiger partial charge in [-0.1, -0.05) is 31.5 Å². The SMILES string of the molecule is CCC(CC)NC(=S)Nc1ccc(C)cc1. The summed E-state index contributed by atoms with van der Waals surface area (Å²) in [6.07, 6.45) is 2.18. The fraction of sp³-hybridized carbons (Fsp3) is 0.462. The average molecular weight is 236 g/mol. The minimum Gasteiger partial charge on any atom is -0.360 e. The van der Waals surface area contributed by atoms with Gasteiger partial charge in [0.25, 0.3) is 0 Å². The number of rotatable bonds is 4. The zero-order chi connectivity index (χ0) is 12.0. The van der Waals surface area contributed by atoms with Crippen LogP contribution in [0.25, 0.3) is 0 Å². The van der Waals surface area contributed by atoms with E-state index in [0.29, 0.717) is 11.2 Å². The first-order valence-electron chi connectivity index (χ1n) is 5.79. The molecule has 0 aliphatic heterocycles. The molecule has 16 heavy (non-hydrogen) atoms. The molecule has 3 heteroatoms. The van der Waals surface area contributed by atoms with Gasteiger partial charge in [-0.3, -0.25) is 0 Å². The molecule has 0 amide bonds. The molecular formula is C13H20N2S. The van der Waals surface area contributed by atoms with Crippen LogP contribution < -0.4 is 10.6 Å². The van der Waals surface area contributed by atoms with E-state index in [-0.39, 0.29) is 0 Å². The van der Waals surface area contributed by atoms with E-state index in [4.69, 9.17) is 12.2 Å². The molecule has 0 aliphatic carbocycles. The van der Waals surface area contributed by atoms with Crippen molar-refractivity contribution < 1.29 is 0 Å². The molecule has 0 heterocycles. The fourth-order valence-corrected chi connectivity index (χ4v) is 1.77. The first-order valence-corrected chi connectivity index (χ1v) is 6.20. The zero-order valence-electron chi connectivity index (χ0n) is 10.2. The van der Waals surface area contributed by atoms with Crippen LogP contribution >= 0.6 is 12.2 Å². The van der Waals surface area contributed by atoms with Crippen molar-refractivity contribution in [3.63, 3.8) is 0 Å². The second-order valence-corrected chi connectivity index (χ2v) is 4.39. The van der Waals surface area contributed by atoms with Crippen LogP contribution in [0.1, 0.15) is 32.3 Å². The third kappa shape index (κ3) is 4.19. The number of aryl methyl sites for hydroxylation is 1. The maximum atomic E-state index is 5.26. The molecule has 1 aromatic rings. The van der Waals surface area contributed by atoms with Gasteiger partial charge in [-0.2, -0.15) is 0 Å². The van der Waals surface area contributed by atoms with Gasteiger partial charge in [0.2, 0.25) is 0 Å². The molecule has 88 valence electrons. The van der Waals surface area contributed by atoms with Crippen molar-refractivity contribution >= 4 is 23.0 Å². The van der Waals surface area contributed by atoms with Gasteiger partial charge in [0.15, 0.2) is 5.11 Å². The van der Waals surface area contributed by atoms with E-state index in [9.17, 15) is 0 Å². The van der Waals surface area contributed by atoms with Crippen molar-refractivity contribution in [2.24, 2.45) is 0 Å². The van der Waals surface area contributed by atoms with E-state index in [1.54, 1.807) is 0 Å². The first-order chi connectivity index (χ1) is 7.65. The topological polar surface area (TPSA) is 24.1 Å². The summed E-state index contributed by atoms with van der Waals surface area (Å²) in [5.74, 6) is 0. The molecule has 1 aromatic carbocycles. The Balaban J connectivity index is 2.48. The van der Waals surface area contributed by atoms with E-state index >= 15 is 0 Å². The summed E-state index contributed by atoms with van der Waals surface area (Å²) in [5.41, 5.74) is 2.29. The van der Waals surface area contributed by atoms with Crippen LogP contribution in [0.15, 0.2) is 24.3 Å². The van der Waals surface area contributed by atoms with Gasteiger partial charge in [-0.25, -0.2) is 0 Å². The average Bonchev–Trinajstić information content (AvgIpc) is 2.29. The minimum absolute atomic E-state index is 0.463. The van der Waals surface area contributed by atoms with Crippen molar-refractivity contribution in [1.29, 1.82) is 0 Å². The van der Waals surface area contributed by atoms with Gasteiger partial charge in [-0.15, -0.1) is 0 Å². The molecule has 0 spiro atoms. The number of hydrogen-bond donors (Lipinski definition) is 2. The lowest BCUT2D eigenvalue weighted by Gasteiger charge is -2.17. The largest absolute Gasteiger partial charge is 0.360 e. The normalized spacial score (nSPS) is 10.2. The summed E-state index contributed by atoms with van der Waals surface area (Å²) in [7, 11) is 0. The Morgan fingerprint density at radius 3 is 2.25 bits per heavy atom. The summed E-state index contributed by atoms with van der Waals surface area (Å²) >= 11 is 5.26. The third-order valence-corrected chi connectivity index (χ3v) is 2.85. The summed E-state index contributed by atoms with van der Waals surface area (Å²) < 4.78 is 0. The molecule has 0 aliphatic rings. The molecule has 0 fully saturated rings. The third-order valence-electron chi connectivity index (χ3n) is 2.63. The number of anilines is 1. The van der Waals surface area contributed by atoms with E-state index in [1.807, 2.05) is 12.1 Å². The van der Waals surface area contributed by atoms with E-state index in [2.05, 4.69) is 43.5 Å². The van der Waals surface area contributed by atoms with Crippen molar-refractivity contribution in [2.45, 2.75) is 39.7 Å². The highest BCUT2D eigenvalue weighted by atomic mass is 32.1. The Morgan fingerprint density at radius 2 is 1.75 bits per heavy atom. The first kappa shape index (κ1) is 13.0. The number of nitrogens with one attached hydrogen (secondary N) is 2. The molecule has 0 aromatic heterocycles. The molecular weight excluding hydrogens is 216 g/mol. The van der Waals surface area contributed by atoms with Gasteiger partial charge in [0.05, 0.1) is 0 Å². The van der Waals surface area contributed by atoms with Crippen molar-refractivity contribution in [3.05, 3.63) is 29.8 Å². The Morgan fingerprint density at radius 1 is 1.19 bits per heavy atom. The molecule has 2 nitrogen and oxygen atoms in total. The number of thiocarbonyl (C=S) groups is 1. The van der Waals surface area contributed by atoms with E-state index < -0.39 is 0 Å². The maximum Gasteiger partial charge on any atom is 0.170 e. The lowest BCUT2D eigenvalue weighted by Crippen LogP contribution is -2.36. The molecule has 2 N–H and O–H groups in total. The smallest absolute Gasteiger partial charge is 0.170 e. The quantitative estimate of drug-likeness (QED) is 0.783. The Labute approximate surface area is 103 Å². The Kier molecular flexibility index (Phi) is 5.26. The second kappa shape index (κ2) is 6.48. The molecule has 0 saturated heterocycles. The van der Waals surface area contributed by atoms with Gasteiger partial charge in [0.1, 0.15) is 0 Å². The predicted molar refractivity (Wildman–Crippen MR) is 74.9 cm³/mol. The Bertz CT molecular complexity index is 328. The molecule has 0 atom stereocenters. The zero-order valence-corrected chi connectivity index (χ0v) is 11.0. The van der Waals surface area contributed by atoms with Crippen LogP contribution in [0.3, 0.4) is 0 Å². The molecule has 0 radical (unpaired) electrons. The van der Waals surface area contributed by atoms with Gasteiger partial charge < -0.3 is 10.6 Å². The monoisotopic (exact) mass is 236 g/mol. The van der Waals surface area contributed by atoms with E-state index in [0.717, 1.165) is 18.5 Å². The lowest BCUT2D eigenvalue weighted by molar-refractivity contribution is 0.573. The van der Waals surface area contributed by atoms with Gasteiger partial charge >= 0.3 is 0 Å².